The molecular weight excluding hydrogens is 356 g/mol. The van der Waals surface area contributed by atoms with E-state index < -0.39 is 0 Å². The van der Waals surface area contributed by atoms with Crippen LogP contribution >= 0.6 is 11.8 Å². The quantitative estimate of drug-likeness (QED) is 0.581. The molecule has 1 aromatic heterocycles. The Kier molecular flexibility index (Phi) is 6.58. The van der Waals surface area contributed by atoms with Crippen LogP contribution in [0.15, 0.2) is 53.8 Å². The Morgan fingerprint density at radius 3 is 2.44 bits per heavy atom. The molecule has 0 atom stereocenters. The summed E-state index contributed by atoms with van der Waals surface area (Å²) in [5, 5.41) is 10.6. The topological polar surface area (TPSA) is 47.3 Å². The largest absolute Gasteiger partial charge is 0.497 e. The van der Waals surface area contributed by atoms with E-state index in [9.17, 15) is 5.11 Å². The summed E-state index contributed by atoms with van der Waals surface area (Å²) in [4.78, 5) is 4.53. The molecule has 4 nitrogen and oxygen atoms in total. The Balaban J connectivity index is 1.68. The second kappa shape index (κ2) is 9.11. The highest BCUT2D eigenvalue weighted by Gasteiger charge is 2.11. The molecule has 0 aliphatic rings. The fourth-order valence-corrected chi connectivity index (χ4v) is 3.91. The number of benzene rings is 2. The molecule has 3 rings (SSSR count). The standard InChI is InChI=1S/C22H26N2O2S/c1-16-4-5-19(12-17(16)2)15-27-22-23-13-20(14-25)24(22)11-10-18-6-8-21(26-3)9-7-18/h4-9,12-13,25H,10-11,14-15H2,1-3H3. The van der Waals surface area contributed by atoms with E-state index in [-0.39, 0.29) is 6.61 Å². The van der Waals surface area contributed by atoms with Crippen LogP contribution in [-0.2, 0) is 25.3 Å². The average Bonchev–Trinajstić information content (AvgIpc) is 3.09. The predicted molar refractivity (Wildman–Crippen MR) is 110 cm³/mol. The van der Waals surface area contributed by atoms with E-state index in [1.807, 2.05) is 12.1 Å². The third-order valence-corrected chi connectivity index (χ3v) is 5.85. The molecule has 0 fully saturated rings. The SMILES string of the molecule is COc1ccc(CCn2c(CO)cnc2SCc2ccc(C)c(C)c2)cc1. The zero-order chi connectivity index (χ0) is 19.2. The highest BCUT2D eigenvalue weighted by atomic mass is 32.2. The number of aryl methyl sites for hydroxylation is 3. The Bertz CT molecular complexity index is 888. The molecule has 2 aromatic carbocycles. The van der Waals surface area contributed by atoms with Gasteiger partial charge in [0.25, 0.3) is 0 Å². The summed E-state index contributed by atoms with van der Waals surface area (Å²) in [7, 11) is 1.67. The van der Waals surface area contributed by atoms with Crippen molar-refractivity contribution >= 4 is 11.8 Å². The first-order chi connectivity index (χ1) is 13.1. The number of thioether (sulfide) groups is 1. The lowest BCUT2D eigenvalue weighted by Crippen LogP contribution is -2.07. The van der Waals surface area contributed by atoms with Crippen LogP contribution in [0.3, 0.4) is 0 Å². The van der Waals surface area contributed by atoms with Gasteiger partial charge in [-0.2, -0.15) is 0 Å². The molecule has 27 heavy (non-hydrogen) atoms. The summed E-state index contributed by atoms with van der Waals surface area (Å²) in [6, 6.07) is 14.7. The monoisotopic (exact) mass is 382 g/mol. The Labute approximate surface area is 165 Å². The molecule has 0 saturated heterocycles. The molecule has 1 heterocycles. The molecule has 0 bridgehead atoms. The van der Waals surface area contributed by atoms with Gasteiger partial charge in [-0.25, -0.2) is 4.98 Å². The maximum absolute atomic E-state index is 9.66. The first-order valence-electron chi connectivity index (χ1n) is 9.08. The molecule has 0 amide bonds. The van der Waals surface area contributed by atoms with Crippen LogP contribution in [0.4, 0.5) is 0 Å². The number of methoxy groups -OCH3 is 1. The number of aromatic nitrogens is 2. The predicted octanol–water partition coefficient (Wildman–Crippen LogP) is 4.54. The van der Waals surface area contributed by atoms with Crippen LogP contribution in [-0.4, -0.2) is 21.8 Å². The highest BCUT2D eigenvalue weighted by molar-refractivity contribution is 7.98. The van der Waals surface area contributed by atoms with Gasteiger partial charge in [-0.1, -0.05) is 42.1 Å². The van der Waals surface area contributed by atoms with Gasteiger partial charge in [-0.15, -0.1) is 0 Å². The summed E-state index contributed by atoms with van der Waals surface area (Å²) in [6.45, 7) is 5.06. The van der Waals surface area contributed by atoms with Gasteiger partial charge in [-0.3, -0.25) is 0 Å². The number of aliphatic hydroxyl groups is 1. The molecule has 142 valence electrons. The van der Waals surface area contributed by atoms with Crippen LogP contribution in [0, 0.1) is 13.8 Å². The lowest BCUT2D eigenvalue weighted by molar-refractivity contribution is 0.269. The smallest absolute Gasteiger partial charge is 0.168 e. The van der Waals surface area contributed by atoms with Crippen LogP contribution < -0.4 is 4.74 Å². The first-order valence-corrected chi connectivity index (χ1v) is 10.1. The number of ether oxygens (including phenoxy) is 1. The normalized spacial score (nSPS) is 11.0. The van der Waals surface area contributed by atoms with E-state index in [1.165, 1.54) is 22.3 Å². The Morgan fingerprint density at radius 1 is 1.04 bits per heavy atom. The molecule has 5 heteroatoms. The van der Waals surface area contributed by atoms with Gasteiger partial charge in [0.2, 0.25) is 0 Å². The molecule has 3 aromatic rings. The third kappa shape index (κ3) is 4.93. The van der Waals surface area contributed by atoms with E-state index in [2.05, 4.69) is 53.7 Å². The minimum atomic E-state index is -0.000186. The summed E-state index contributed by atoms with van der Waals surface area (Å²) in [5.74, 6) is 1.73. The van der Waals surface area contributed by atoms with Gasteiger partial charge < -0.3 is 14.4 Å². The van der Waals surface area contributed by atoms with Gasteiger partial charge in [0, 0.05) is 12.3 Å². The van der Waals surface area contributed by atoms with Gasteiger partial charge in [0.1, 0.15) is 5.75 Å². The van der Waals surface area contributed by atoms with E-state index in [1.54, 1.807) is 25.1 Å². The van der Waals surface area contributed by atoms with E-state index in [4.69, 9.17) is 4.74 Å². The van der Waals surface area contributed by atoms with Crippen molar-refractivity contribution in [2.45, 2.75) is 44.3 Å². The number of hydrogen-bond acceptors (Lipinski definition) is 4. The maximum atomic E-state index is 9.66. The minimum absolute atomic E-state index is 0.000186. The van der Waals surface area contributed by atoms with Crippen LogP contribution in [0.5, 0.6) is 5.75 Å². The molecule has 0 aliphatic heterocycles. The van der Waals surface area contributed by atoms with Gasteiger partial charge in [-0.05, 0) is 54.7 Å². The first kappa shape index (κ1) is 19.5. The number of aliphatic hydroxyl groups excluding tert-OH is 1. The Hall–Kier alpha value is -2.24. The summed E-state index contributed by atoms with van der Waals surface area (Å²) in [5.41, 5.74) is 6.00. The molecule has 1 N–H and O–H groups in total. The van der Waals surface area contributed by atoms with Crippen molar-refractivity contribution < 1.29 is 9.84 Å². The molecule has 0 aliphatic carbocycles. The number of nitrogens with zero attached hydrogens (tertiary/aromatic N) is 2. The molecule has 0 radical (unpaired) electrons. The molecule has 0 spiro atoms. The van der Waals surface area contributed by atoms with Crippen molar-refractivity contribution in [1.82, 2.24) is 9.55 Å². The molecule has 0 unspecified atom stereocenters. The summed E-state index contributed by atoms with van der Waals surface area (Å²) < 4.78 is 7.33. The average molecular weight is 383 g/mol. The van der Waals surface area contributed by atoms with E-state index >= 15 is 0 Å². The number of hydrogen-bond donors (Lipinski definition) is 1. The van der Waals surface area contributed by atoms with Crippen LogP contribution in [0.25, 0.3) is 0 Å². The van der Waals surface area contributed by atoms with E-state index in [0.29, 0.717) is 0 Å². The maximum Gasteiger partial charge on any atom is 0.168 e. The van der Waals surface area contributed by atoms with Crippen molar-refractivity contribution in [3.63, 3.8) is 0 Å². The van der Waals surface area contributed by atoms with Gasteiger partial charge >= 0.3 is 0 Å². The molecule has 0 saturated carbocycles. The van der Waals surface area contributed by atoms with Gasteiger partial charge in [0.05, 0.1) is 25.6 Å². The van der Waals surface area contributed by atoms with Crippen molar-refractivity contribution in [2.75, 3.05) is 7.11 Å². The fraction of sp³-hybridized carbons (Fsp3) is 0.318. The van der Waals surface area contributed by atoms with Crippen LogP contribution in [0.1, 0.15) is 27.9 Å². The number of imidazole rings is 1. The van der Waals surface area contributed by atoms with Crippen molar-refractivity contribution in [3.05, 3.63) is 76.6 Å². The number of rotatable bonds is 8. The lowest BCUT2D eigenvalue weighted by atomic mass is 10.1. The lowest BCUT2D eigenvalue weighted by Gasteiger charge is -2.11. The zero-order valence-corrected chi connectivity index (χ0v) is 16.9. The van der Waals surface area contributed by atoms with Crippen molar-refractivity contribution in [2.24, 2.45) is 0 Å². The Morgan fingerprint density at radius 2 is 1.78 bits per heavy atom. The third-order valence-electron chi connectivity index (χ3n) is 4.79. The van der Waals surface area contributed by atoms with Crippen molar-refractivity contribution in [3.8, 4) is 5.75 Å². The fourth-order valence-electron chi connectivity index (χ4n) is 2.95. The summed E-state index contributed by atoms with van der Waals surface area (Å²) in [6.07, 6.45) is 2.65. The second-order valence-corrected chi connectivity index (χ2v) is 7.59. The highest BCUT2D eigenvalue weighted by Crippen LogP contribution is 2.25. The molecular formula is C22H26N2O2S. The van der Waals surface area contributed by atoms with Crippen LogP contribution in [0.2, 0.25) is 0 Å². The second-order valence-electron chi connectivity index (χ2n) is 6.65. The van der Waals surface area contributed by atoms with Crippen molar-refractivity contribution in [1.29, 1.82) is 0 Å². The van der Waals surface area contributed by atoms with E-state index in [0.717, 1.165) is 35.3 Å². The minimum Gasteiger partial charge on any atom is -0.497 e. The van der Waals surface area contributed by atoms with Gasteiger partial charge in [0.15, 0.2) is 5.16 Å². The summed E-state index contributed by atoms with van der Waals surface area (Å²) >= 11 is 1.71. The zero-order valence-electron chi connectivity index (χ0n) is 16.1.